The zero-order valence-corrected chi connectivity index (χ0v) is 31.4. The summed E-state index contributed by atoms with van der Waals surface area (Å²) in [5.41, 5.74) is 6.90. The molecule has 0 aliphatic carbocycles. The molecule has 4 heterocycles. The summed E-state index contributed by atoms with van der Waals surface area (Å²) in [6.07, 6.45) is 6.73. The molecule has 2 atom stereocenters. The van der Waals surface area contributed by atoms with Crippen molar-refractivity contribution < 1.29 is 32.2 Å². The van der Waals surface area contributed by atoms with Crippen LogP contribution in [-0.4, -0.2) is 89.8 Å². The smallest absolute Gasteiger partial charge is 0.260 e. The lowest BCUT2D eigenvalue weighted by molar-refractivity contribution is -0.117. The average molecular weight is 763 g/mol. The van der Waals surface area contributed by atoms with Gasteiger partial charge in [-0.3, -0.25) is 19.4 Å². The van der Waals surface area contributed by atoms with Crippen LogP contribution >= 0.6 is 0 Å². The molecule has 0 saturated carbocycles. The number of piperidine rings is 2. The molecule has 55 heavy (non-hydrogen) atoms. The first-order chi connectivity index (χ1) is 26.6. The molecule has 2 aliphatic heterocycles. The number of carbonyl (C=O) groups is 2. The molecule has 2 aliphatic rings. The van der Waals surface area contributed by atoms with Gasteiger partial charge in [-0.25, -0.2) is 13.2 Å². The zero-order chi connectivity index (χ0) is 39.1. The third-order valence-corrected chi connectivity index (χ3v) is 10.7. The molecule has 0 spiro atoms. The minimum absolute atomic E-state index is 0.0802. The van der Waals surface area contributed by atoms with E-state index in [0.29, 0.717) is 78.5 Å². The lowest BCUT2D eigenvalue weighted by Gasteiger charge is -2.37. The Balaban J connectivity index is 1.00. The fourth-order valence-corrected chi connectivity index (χ4v) is 7.50. The number of halogens is 3. The molecule has 0 unspecified atom stereocenters. The molecule has 6 rings (SSSR count). The van der Waals surface area contributed by atoms with Crippen molar-refractivity contribution in [2.45, 2.75) is 70.7 Å². The van der Waals surface area contributed by atoms with Crippen LogP contribution in [0, 0.1) is 17.6 Å². The van der Waals surface area contributed by atoms with Crippen molar-refractivity contribution in [3.63, 3.8) is 0 Å². The summed E-state index contributed by atoms with van der Waals surface area (Å²) in [5, 5.41) is 4.00. The van der Waals surface area contributed by atoms with Gasteiger partial charge in [-0.1, -0.05) is 13.3 Å². The van der Waals surface area contributed by atoms with E-state index >= 15 is 13.2 Å². The van der Waals surface area contributed by atoms with E-state index in [2.05, 4.69) is 10.3 Å². The fraction of sp³-hybridized carbons (Fsp3) is 0.463. The molecule has 0 bridgehead atoms. The summed E-state index contributed by atoms with van der Waals surface area (Å²) >= 11 is 0. The molecule has 2 aromatic carbocycles. The highest BCUT2D eigenvalue weighted by Gasteiger charge is 2.33. The highest BCUT2D eigenvalue weighted by molar-refractivity contribution is 5.96. The minimum atomic E-state index is -1.44. The minimum Gasteiger partial charge on any atom is -0.495 e. The Hall–Kier alpha value is -5.11. The molecule has 2 aromatic heterocycles. The van der Waals surface area contributed by atoms with Crippen molar-refractivity contribution in [1.82, 2.24) is 19.4 Å². The summed E-state index contributed by atoms with van der Waals surface area (Å²) in [5.74, 6) is -2.06. The number of likely N-dealkylation sites (tertiary alicyclic amines) is 2. The number of anilines is 1. The van der Waals surface area contributed by atoms with Gasteiger partial charge in [-0.15, -0.1) is 0 Å². The van der Waals surface area contributed by atoms with Gasteiger partial charge in [0.05, 0.1) is 18.2 Å². The predicted molar refractivity (Wildman–Crippen MR) is 205 cm³/mol. The largest absolute Gasteiger partial charge is 0.495 e. The van der Waals surface area contributed by atoms with E-state index < -0.39 is 35.6 Å². The van der Waals surface area contributed by atoms with Gasteiger partial charge in [0, 0.05) is 75.4 Å². The highest BCUT2D eigenvalue weighted by Crippen LogP contribution is 2.34. The maximum atomic E-state index is 15.5. The second kappa shape index (κ2) is 18.0. The van der Waals surface area contributed by atoms with Gasteiger partial charge in [-0.2, -0.15) is 0 Å². The number of fused-ring (bicyclic) bond motifs is 1. The number of primary amides is 1. The number of methoxy groups -OCH3 is 1. The lowest BCUT2D eigenvalue weighted by atomic mass is 9.92. The Morgan fingerprint density at radius 2 is 1.78 bits per heavy atom. The molecule has 2 fully saturated rings. The number of benzene rings is 2. The summed E-state index contributed by atoms with van der Waals surface area (Å²) in [6, 6.07) is 9.17. The van der Waals surface area contributed by atoms with Crippen molar-refractivity contribution in [1.29, 1.82) is 0 Å². The number of rotatable bonds is 15. The number of carbonyl (C=O) groups excluding carboxylic acids is 2. The first-order valence-corrected chi connectivity index (χ1v) is 19.0. The number of aryl methyl sites for hydroxylation is 1. The molecular formula is C41H49F3N6O5. The average Bonchev–Trinajstić information content (AvgIpc) is 3.18. The maximum absolute atomic E-state index is 15.5. The van der Waals surface area contributed by atoms with Crippen LogP contribution in [0.4, 0.5) is 18.9 Å². The summed E-state index contributed by atoms with van der Waals surface area (Å²) in [4.78, 5) is 45.4. The number of nitrogens with two attached hydrogens (primary N) is 1. The predicted octanol–water partition coefficient (Wildman–Crippen LogP) is 6.17. The Bertz CT molecular complexity index is 2030. The number of hydrogen-bond donors (Lipinski definition) is 2. The number of ether oxygens (including phenoxy) is 2. The van der Waals surface area contributed by atoms with Gasteiger partial charge in [0.1, 0.15) is 18.0 Å². The summed E-state index contributed by atoms with van der Waals surface area (Å²) < 4.78 is 59.1. The van der Waals surface area contributed by atoms with Gasteiger partial charge in [0.2, 0.25) is 5.91 Å². The molecule has 14 heteroatoms. The molecule has 11 nitrogen and oxygen atoms in total. The van der Waals surface area contributed by atoms with Crippen molar-refractivity contribution in [3.8, 4) is 22.6 Å². The van der Waals surface area contributed by atoms with E-state index in [-0.39, 0.29) is 36.4 Å². The second-order valence-corrected chi connectivity index (χ2v) is 14.4. The van der Waals surface area contributed by atoms with Crippen LogP contribution < -0.4 is 26.1 Å². The van der Waals surface area contributed by atoms with Gasteiger partial charge in [0.15, 0.2) is 17.4 Å². The van der Waals surface area contributed by atoms with Crippen LogP contribution in [0.3, 0.4) is 0 Å². The standard InChI is InChI=1S/C41H49F3N6O5/c1-3-4-15-50-24-31(29-7-13-46-23-30(29)41(50)53)28-20-32(42)39(33(43)21-28)55-36-12-17-48(25-34(36)44)16-9-26-10-18-49(19-11-26)40(52)27-5-6-37(54-2)35(22-27)47-14-8-38(45)51/h5-7,13,20-24,26,34,36,47H,3-4,8-12,14-19,25H2,1-2H3,(H2,45,51)/t34-,36-/m1/s1. The number of nitrogens with one attached hydrogen (secondary N) is 1. The van der Waals surface area contributed by atoms with E-state index in [0.717, 1.165) is 32.1 Å². The number of nitrogens with zero attached hydrogens (tertiary/aromatic N) is 4. The first kappa shape index (κ1) is 39.6. The molecule has 4 aromatic rings. The van der Waals surface area contributed by atoms with Crippen LogP contribution in [0.1, 0.15) is 62.2 Å². The van der Waals surface area contributed by atoms with Crippen LogP contribution in [0.5, 0.6) is 11.5 Å². The number of pyridine rings is 2. The molecule has 294 valence electrons. The van der Waals surface area contributed by atoms with E-state index in [1.165, 1.54) is 31.6 Å². The van der Waals surface area contributed by atoms with Crippen LogP contribution in [0.2, 0.25) is 0 Å². The number of alkyl halides is 1. The van der Waals surface area contributed by atoms with Crippen LogP contribution in [-0.2, 0) is 11.3 Å². The molecular weight excluding hydrogens is 713 g/mol. The van der Waals surface area contributed by atoms with E-state index in [1.807, 2.05) is 16.7 Å². The first-order valence-electron chi connectivity index (χ1n) is 19.0. The molecule has 2 amide bonds. The van der Waals surface area contributed by atoms with Crippen molar-refractivity contribution in [2.24, 2.45) is 11.7 Å². The Morgan fingerprint density at radius 3 is 2.47 bits per heavy atom. The van der Waals surface area contributed by atoms with Gasteiger partial charge in [0.25, 0.3) is 11.5 Å². The highest BCUT2D eigenvalue weighted by atomic mass is 19.1. The third kappa shape index (κ3) is 9.41. The number of hydrogen-bond acceptors (Lipinski definition) is 8. The van der Waals surface area contributed by atoms with Gasteiger partial charge < -0.3 is 34.9 Å². The van der Waals surface area contributed by atoms with Crippen molar-refractivity contribution in [3.05, 3.63) is 82.5 Å². The fourth-order valence-electron chi connectivity index (χ4n) is 7.50. The van der Waals surface area contributed by atoms with Crippen molar-refractivity contribution in [2.75, 3.05) is 51.7 Å². The number of unbranched alkanes of at least 4 members (excludes halogenated alkanes) is 1. The topological polar surface area (TPSA) is 132 Å². The third-order valence-electron chi connectivity index (χ3n) is 10.7. The monoisotopic (exact) mass is 762 g/mol. The Labute approximate surface area is 318 Å². The quantitative estimate of drug-likeness (QED) is 0.147. The van der Waals surface area contributed by atoms with E-state index in [1.54, 1.807) is 35.0 Å². The number of amides is 2. The Morgan fingerprint density at radius 1 is 1.02 bits per heavy atom. The van der Waals surface area contributed by atoms with E-state index in [9.17, 15) is 14.4 Å². The molecule has 0 radical (unpaired) electrons. The SMILES string of the molecule is CCCCn1cc(-c2cc(F)c(O[C@@H]3CCN(CCC4CCN(C(=O)c5ccc(OC)c(NCCC(N)=O)c5)CC4)C[C@H]3F)c(F)c2)c2ccncc2c1=O. The van der Waals surface area contributed by atoms with Gasteiger partial charge in [-0.05, 0) is 91.9 Å². The number of aromatic nitrogens is 2. The molecule has 3 N–H and O–H groups in total. The lowest BCUT2D eigenvalue weighted by Crippen LogP contribution is -2.48. The van der Waals surface area contributed by atoms with Gasteiger partial charge >= 0.3 is 0 Å². The van der Waals surface area contributed by atoms with Crippen molar-refractivity contribution >= 4 is 28.3 Å². The maximum Gasteiger partial charge on any atom is 0.260 e. The molecule has 2 saturated heterocycles. The second-order valence-electron chi connectivity index (χ2n) is 14.4. The van der Waals surface area contributed by atoms with Crippen LogP contribution in [0.15, 0.2) is 59.8 Å². The summed E-state index contributed by atoms with van der Waals surface area (Å²) in [6.45, 7) is 5.30. The van der Waals surface area contributed by atoms with Crippen LogP contribution in [0.25, 0.3) is 21.9 Å². The summed E-state index contributed by atoms with van der Waals surface area (Å²) in [7, 11) is 1.54. The zero-order valence-electron chi connectivity index (χ0n) is 31.4. The van der Waals surface area contributed by atoms with E-state index in [4.69, 9.17) is 15.2 Å². The normalized spacial score (nSPS) is 18.0. The Kier molecular flexibility index (Phi) is 13.0.